The van der Waals surface area contributed by atoms with Crippen LogP contribution >= 0.6 is 24.0 Å². The zero-order chi connectivity index (χ0) is 13.8. The number of halogens is 2. The fraction of sp³-hybridized carbons (Fsp3) is 0.647. The van der Waals surface area contributed by atoms with Crippen molar-refractivity contribution in [3.63, 3.8) is 0 Å². The maximum Gasteiger partial charge on any atom is 0.0406 e. The average molecular weight is 329 g/mol. The molecule has 0 amide bonds. The largest absolute Gasteiger partial charge is 0.316 e. The van der Waals surface area contributed by atoms with E-state index in [0.717, 1.165) is 16.9 Å². The molecule has 2 saturated heterocycles. The van der Waals surface area contributed by atoms with Gasteiger partial charge >= 0.3 is 0 Å². The van der Waals surface area contributed by atoms with E-state index in [2.05, 4.69) is 22.3 Å². The van der Waals surface area contributed by atoms with Crippen molar-refractivity contribution in [2.45, 2.75) is 31.6 Å². The Hall–Kier alpha value is -0.280. The Balaban J connectivity index is 0.00000161. The zero-order valence-electron chi connectivity index (χ0n) is 12.6. The first-order valence-corrected chi connectivity index (χ1v) is 8.37. The molecule has 0 spiro atoms. The Morgan fingerprint density at radius 2 is 1.81 bits per heavy atom. The normalized spacial score (nSPS) is 24.5. The molecule has 2 heterocycles. The van der Waals surface area contributed by atoms with Gasteiger partial charge in [0.2, 0.25) is 0 Å². The quantitative estimate of drug-likeness (QED) is 0.904. The summed E-state index contributed by atoms with van der Waals surface area (Å²) in [7, 11) is 0. The molecule has 4 heteroatoms. The summed E-state index contributed by atoms with van der Waals surface area (Å²) in [6, 6.07) is 8.45. The van der Waals surface area contributed by atoms with Crippen molar-refractivity contribution in [1.29, 1.82) is 0 Å². The number of nitrogens with one attached hydrogen (secondary N) is 1. The zero-order valence-corrected chi connectivity index (χ0v) is 14.1. The van der Waals surface area contributed by atoms with Crippen molar-refractivity contribution in [3.05, 3.63) is 34.9 Å². The first kappa shape index (κ1) is 17.1. The number of piperidine rings is 2. The lowest BCUT2D eigenvalue weighted by Gasteiger charge is -2.35. The van der Waals surface area contributed by atoms with Crippen LogP contribution in [0.3, 0.4) is 0 Å². The van der Waals surface area contributed by atoms with Crippen LogP contribution in [0.1, 0.15) is 37.2 Å². The van der Waals surface area contributed by atoms with Crippen molar-refractivity contribution < 1.29 is 0 Å². The Bertz CT molecular complexity index is 407. The molecule has 1 atom stereocenters. The van der Waals surface area contributed by atoms with Crippen molar-refractivity contribution in [1.82, 2.24) is 10.2 Å². The molecule has 2 fully saturated rings. The monoisotopic (exact) mass is 328 g/mol. The van der Waals surface area contributed by atoms with Crippen LogP contribution in [0, 0.1) is 5.92 Å². The second kappa shape index (κ2) is 8.38. The number of rotatable bonds is 3. The topological polar surface area (TPSA) is 15.3 Å². The summed E-state index contributed by atoms with van der Waals surface area (Å²) in [6.07, 6.45) is 5.35. The highest BCUT2D eigenvalue weighted by molar-refractivity contribution is 6.30. The highest BCUT2D eigenvalue weighted by Crippen LogP contribution is 2.29. The maximum atomic E-state index is 5.97. The molecular weight excluding hydrogens is 303 g/mol. The number of benzene rings is 1. The summed E-state index contributed by atoms with van der Waals surface area (Å²) in [5, 5.41) is 4.37. The lowest BCUT2D eigenvalue weighted by Crippen LogP contribution is -2.41. The predicted octanol–water partition coefficient (Wildman–Crippen LogP) is 3.94. The molecule has 0 bridgehead atoms. The van der Waals surface area contributed by atoms with Crippen molar-refractivity contribution in [3.8, 4) is 0 Å². The predicted molar refractivity (Wildman–Crippen MR) is 92.7 cm³/mol. The number of nitrogens with zero attached hydrogens (tertiary/aromatic N) is 1. The van der Waals surface area contributed by atoms with Crippen LogP contribution in [0.15, 0.2) is 24.3 Å². The van der Waals surface area contributed by atoms with E-state index >= 15 is 0 Å². The Kier molecular flexibility index (Phi) is 6.81. The summed E-state index contributed by atoms with van der Waals surface area (Å²) in [5.74, 6) is 1.60. The van der Waals surface area contributed by atoms with E-state index in [4.69, 9.17) is 11.6 Å². The van der Waals surface area contributed by atoms with Crippen LogP contribution < -0.4 is 5.32 Å². The second-order valence-electron chi connectivity index (χ2n) is 6.34. The lowest BCUT2D eigenvalue weighted by molar-refractivity contribution is 0.169. The summed E-state index contributed by atoms with van der Waals surface area (Å²) >= 11 is 5.97. The molecular formula is C17H26Cl2N2. The minimum Gasteiger partial charge on any atom is -0.316 e. The highest BCUT2D eigenvalue weighted by Gasteiger charge is 2.23. The first-order chi connectivity index (χ1) is 9.81. The molecule has 2 nitrogen and oxygen atoms in total. The van der Waals surface area contributed by atoms with E-state index < -0.39 is 0 Å². The molecule has 1 unspecified atom stereocenters. The van der Waals surface area contributed by atoms with Crippen molar-refractivity contribution in [2.24, 2.45) is 5.92 Å². The summed E-state index contributed by atoms with van der Waals surface area (Å²) < 4.78 is 0. The molecule has 0 saturated carbocycles. The fourth-order valence-corrected chi connectivity index (χ4v) is 3.75. The third kappa shape index (κ3) is 4.85. The minimum atomic E-state index is 0. The van der Waals surface area contributed by atoms with Gasteiger partial charge in [0, 0.05) is 11.6 Å². The smallest absolute Gasteiger partial charge is 0.0406 e. The molecule has 0 radical (unpaired) electrons. The van der Waals surface area contributed by atoms with E-state index in [1.54, 1.807) is 0 Å². The molecule has 1 aromatic carbocycles. The molecule has 0 aliphatic carbocycles. The Morgan fingerprint density at radius 3 is 2.43 bits per heavy atom. The van der Waals surface area contributed by atoms with E-state index in [-0.39, 0.29) is 12.4 Å². The standard InChI is InChI=1S/C17H25ClN2.ClH/c18-17-5-3-15(4-6-17)16-7-10-20(11-8-16)13-14-2-1-9-19-12-14;/h3-6,14,16,19H,1-2,7-13H2;1H. The van der Waals surface area contributed by atoms with Crippen molar-refractivity contribution in [2.75, 3.05) is 32.7 Å². The molecule has 1 aromatic rings. The Morgan fingerprint density at radius 1 is 1.10 bits per heavy atom. The summed E-state index contributed by atoms with van der Waals surface area (Å²) in [5.41, 5.74) is 1.47. The van der Waals surface area contributed by atoms with Crippen LogP contribution in [0.5, 0.6) is 0 Å². The summed E-state index contributed by atoms with van der Waals surface area (Å²) in [4.78, 5) is 2.67. The highest BCUT2D eigenvalue weighted by atomic mass is 35.5. The van der Waals surface area contributed by atoms with Gasteiger partial charge in [-0.15, -0.1) is 12.4 Å². The van der Waals surface area contributed by atoms with Crippen LogP contribution in [0.2, 0.25) is 5.02 Å². The maximum absolute atomic E-state index is 5.97. The number of hydrogen-bond acceptors (Lipinski definition) is 2. The summed E-state index contributed by atoms with van der Waals surface area (Å²) in [6.45, 7) is 6.24. The van der Waals surface area contributed by atoms with Crippen LogP contribution in [-0.2, 0) is 0 Å². The molecule has 2 aliphatic rings. The molecule has 2 aliphatic heterocycles. The van der Waals surface area contributed by atoms with Gasteiger partial charge in [-0.05, 0) is 81.4 Å². The minimum absolute atomic E-state index is 0. The van der Waals surface area contributed by atoms with Gasteiger partial charge in [-0.2, -0.15) is 0 Å². The van der Waals surface area contributed by atoms with Gasteiger partial charge in [-0.3, -0.25) is 0 Å². The molecule has 0 aromatic heterocycles. The fourth-order valence-electron chi connectivity index (χ4n) is 3.63. The van der Waals surface area contributed by atoms with Gasteiger partial charge in [-0.1, -0.05) is 23.7 Å². The second-order valence-corrected chi connectivity index (χ2v) is 6.78. The van der Waals surface area contributed by atoms with Gasteiger partial charge in [0.1, 0.15) is 0 Å². The van der Waals surface area contributed by atoms with Crippen LogP contribution in [0.4, 0.5) is 0 Å². The SMILES string of the molecule is Cl.Clc1ccc(C2CCN(CC3CCCNC3)CC2)cc1. The third-order valence-electron chi connectivity index (χ3n) is 4.84. The van der Waals surface area contributed by atoms with E-state index in [9.17, 15) is 0 Å². The molecule has 118 valence electrons. The average Bonchev–Trinajstić information content (AvgIpc) is 2.50. The molecule has 3 rings (SSSR count). The van der Waals surface area contributed by atoms with Gasteiger partial charge in [0.15, 0.2) is 0 Å². The van der Waals surface area contributed by atoms with Crippen molar-refractivity contribution >= 4 is 24.0 Å². The molecule has 1 N–H and O–H groups in total. The van der Waals surface area contributed by atoms with E-state index in [0.29, 0.717) is 0 Å². The van der Waals surface area contributed by atoms with Gasteiger partial charge in [0.05, 0.1) is 0 Å². The van der Waals surface area contributed by atoms with Gasteiger partial charge in [0.25, 0.3) is 0 Å². The molecule has 21 heavy (non-hydrogen) atoms. The van der Waals surface area contributed by atoms with Crippen LogP contribution in [0.25, 0.3) is 0 Å². The Labute approximate surface area is 139 Å². The van der Waals surface area contributed by atoms with E-state index in [1.165, 1.54) is 64.0 Å². The number of hydrogen-bond donors (Lipinski definition) is 1. The van der Waals surface area contributed by atoms with Crippen LogP contribution in [-0.4, -0.2) is 37.6 Å². The first-order valence-electron chi connectivity index (χ1n) is 8.00. The lowest BCUT2D eigenvalue weighted by atomic mass is 9.88. The van der Waals surface area contributed by atoms with Gasteiger partial charge < -0.3 is 10.2 Å². The van der Waals surface area contributed by atoms with Gasteiger partial charge in [-0.25, -0.2) is 0 Å². The number of likely N-dealkylation sites (tertiary alicyclic amines) is 1. The van der Waals surface area contributed by atoms with E-state index in [1.807, 2.05) is 12.1 Å². The third-order valence-corrected chi connectivity index (χ3v) is 5.10.